The van der Waals surface area contributed by atoms with Gasteiger partial charge in [0, 0.05) is 6.61 Å². The van der Waals surface area contributed by atoms with Gasteiger partial charge in [-0.25, -0.2) is 0 Å². The SMILES string of the molecule is OC[C@H](O)COCCCC1CCCCC1. The highest BCUT2D eigenvalue weighted by Crippen LogP contribution is 2.27. The number of hydrogen-bond acceptors (Lipinski definition) is 3. The van der Waals surface area contributed by atoms with Crippen LogP contribution >= 0.6 is 0 Å². The van der Waals surface area contributed by atoms with E-state index >= 15 is 0 Å². The first-order valence-electron chi connectivity index (χ1n) is 6.19. The second kappa shape index (κ2) is 8.08. The Morgan fingerprint density at radius 3 is 2.60 bits per heavy atom. The molecule has 2 N–H and O–H groups in total. The summed E-state index contributed by atoms with van der Waals surface area (Å²) < 4.78 is 5.27. The van der Waals surface area contributed by atoms with Crippen LogP contribution in [0.5, 0.6) is 0 Å². The van der Waals surface area contributed by atoms with Crippen LogP contribution in [0.15, 0.2) is 0 Å². The van der Waals surface area contributed by atoms with E-state index in [0.717, 1.165) is 12.3 Å². The number of rotatable bonds is 7. The first-order chi connectivity index (χ1) is 7.33. The van der Waals surface area contributed by atoms with Crippen LogP contribution in [0.25, 0.3) is 0 Å². The largest absolute Gasteiger partial charge is 0.394 e. The molecule has 1 aliphatic rings. The summed E-state index contributed by atoms with van der Waals surface area (Å²) in [5.41, 5.74) is 0. The van der Waals surface area contributed by atoms with Crippen molar-refractivity contribution in [1.29, 1.82) is 0 Å². The summed E-state index contributed by atoms with van der Waals surface area (Å²) in [5.74, 6) is 0.908. The third-order valence-corrected chi connectivity index (χ3v) is 3.15. The Hall–Kier alpha value is -0.120. The van der Waals surface area contributed by atoms with E-state index in [1.807, 2.05) is 0 Å². The maximum absolute atomic E-state index is 9.03. The van der Waals surface area contributed by atoms with Crippen LogP contribution in [-0.2, 0) is 4.74 Å². The molecule has 15 heavy (non-hydrogen) atoms. The van der Waals surface area contributed by atoms with Gasteiger partial charge in [-0.05, 0) is 18.8 Å². The van der Waals surface area contributed by atoms with E-state index in [-0.39, 0.29) is 13.2 Å². The van der Waals surface area contributed by atoms with E-state index < -0.39 is 6.10 Å². The number of hydrogen-bond donors (Lipinski definition) is 2. The summed E-state index contributed by atoms with van der Waals surface area (Å²) in [7, 11) is 0. The Bertz CT molecular complexity index is 144. The molecule has 0 heterocycles. The molecule has 1 fully saturated rings. The van der Waals surface area contributed by atoms with Crippen LogP contribution in [-0.4, -0.2) is 36.1 Å². The zero-order valence-electron chi connectivity index (χ0n) is 9.53. The predicted molar refractivity (Wildman–Crippen MR) is 59.7 cm³/mol. The average Bonchev–Trinajstić information content (AvgIpc) is 2.29. The molecule has 3 nitrogen and oxygen atoms in total. The minimum absolute atomic E-state index is 0.206. The molecule has 0 spiro atoms. The fourth-order valence-corrected chi connectivity index (χ4v) is 2.22. The average molecular weight is 216 g/mol. The third-order valence-electron chi connectivity index (χ3n) is 3.15. The molecule has 0 radical (unpaired) electrons. The number of aliphatic hydroxyl groups excluding tert-OH is 2. The van der Waals surface area contributed by atoms with Gasteiger partial charge in [0.25, 0.3) is 0 Å². The fraction of sp³-hybridized carbons (Fsp3) is 1.00. The Morgan fingerprint density at radius 1 is 1.20 bits per heavy atom. The third kappa shape index (κ3) is 6.13. The summed E-state index contributed by atoms with van der Waals surface area (Å²) in [6.07, 6.45) is 8.62. The highest BCUT2D eigenvalue weighted by molar-refractivity contribution is 4.65. The van der Waals surface area contributed by atoms with E-state index in [9.17, 15) is 0 Å². The second-order valence-corrected chi connectivity index (χ2v) is 4.56. The zero-order chi connectivity index (χ0) is 10.9. The molecule has 0 amide bonds. The van der Waals surface area contributed by atoms with Gasteiger partial charge in [-0.15, -0.1) is 0 Å². The Labute approximate surface area is 92.4 Å². The molecule has 0 aromatic rings. The molecule has 3 heteroatoms. The van der Waals surface area contributed by atoms with Gasteiger partial charge in [-0.2, -0.15) is 0 Å². The van der Waals surface area contributed by atoms with Crippen LogP contribution in [0.2, 0.25) is 0 Å². The fourth-order valence-electron chi connectivity index (χ4n) is 2.22. The van der Waals surface area contributed by atoms with Crippen molar-refractivity contribution in [2.75, 3.05) is 19.8 Å². The smallest absolute Gasteiger partial charge is 0.100 e. The van der Waals surface area contributed by atoms with Crippen molar-refractivity contribution in [2.45, 2.75) is 51.0 Å². The molecule has 1 aliphatic carbocycles. The van der Waals surface area contributed by atoms with Gasteiger partial charge in [-0.3, -0.25) is 0 Å². The van der Waals surface area contributed by atoms with Gasteiger partial charge < -0.3 is 14.9 Å². The summed E-state index contributed by atoms with van der Waals surface area (Å²) in [5, 5.41) is 17.6. The second-order valence-electron chi connectivity index (χ2n) is 4.56. The van der Waals surface area contributed by atoms with E-state index in [2.05, 4.69) is 0 Å². The predicted octanol–water partition coefficient (Wildman–Crippen LogP) is 1.72. The number of aliphatic hydroxyl groups is 2. The normalized spacial score (nSPS) is 20.4. The van der Waals surface area contributed by atoms with E-state index in [1.54, 1.807) is 0 Å². The van der Waals surface area contributed by atoms with Gasteiger partial charge in [-0.1, -0.05) is 32.1 Å². The molecule has 0 bridgehead atoms. The van der Waals surface area contributed by atoms with Gasteiger partial charge >= 0.3 is 0 Å². The highest BCUT2D eigenvalue weighted by Gasteiger charge is 2.12. The van der Waals surface area contributed by atoms with Gasteiger partial charge in [0.1, 0.15) is 6.10 Å². The Balaban J connectivity index is 1.87. The maximum atomic E-state index is 9.03. The lowest BCUT2D eigenvalue weighted by atomic mass is 9.86. The quantitative estimate of drug-likeness (QED) is 0.637. The first-order valence-corrected chi connectivity index (χ1v) is 6.19. The molecule has 1 atom stereocenters. The summed E-state index contributed by atoms with van der Waals surface area (Å²) in [6.45, 7) is 0.775. The van der Waals surface area contributed by atoms with Crippen molar-refractivity contribution in [2.24, 2.45) is 5.92 Å². The minimum atomic E-state index is -0.709. The number of ether oxygens (including phenoxy) is 1. The topological polar surface area (TPSA) is 49.7 Å². The summed E-state index contributed by atoms with van der Waals surface area (Å²) in [4.78, 5) is 0. The molecule has 0 aromatic heterocycles. The van der Waals surface area contributed by atoms with Crippen molar-refractivity contribution < 1.29 is 14.9 Å². The molecule has 0 aromatic carbocycles. The lowest BCUT2D eigenvalue weighted by molar-refractivity contribution is 0.00437. The molecular weight excluding hydrogens is 192 g/mol. The summed E-state index contributed by atoms with van der Waals surface area (Å²) >= 11 is 0. The van der Waals surface area contributed by atoms with Crippen molar-refractivity contribution in [3.63, 3.8) is 0 Å². The lowest BCUT2D eigenvalue weighted by Crippen LogP contribution is -2.19. The first kappa shape index (κ1) is 12.9. The monoisotopic (exact) mass is 216 g/mol. The molecule has 0 aliphatic heterocycles. The van der Waals surface area contributed by atoms with E-state index in [0.29, 0.717) is 6.61 Å². The zero-order valence-corrected chi connectivity index (χ0v) is 9.53. The lowest BCUT2D eigenvalue weighted by Gasteiger charge is -2.21. The van der Waals surface area contributed by atoms with E-state index in [4.69, 9.17) is 14.9 Å². The van der Waals surface area contributed by atoms with Crippen molar-refractivity contribution in [1.82, 2.24) is 0 Å². The summed E-state index contributed by atoms with van der Waals surface area (Å²) in [6, 6.07) is 0. The van der Waals surface area contributed by atoms with Crippen molar-refractivity contribution >= 4 is 0 Å². The molecule has 1 saturated carbocycles. The van der Waals surface area contributed by atoms with Gasteiger partial charge in [0.05, 0.1) is 13.2 Å². The van der Waals surface area contributed by atoms with Gasteiger partial charge in [0.2, 0.25) is 0 Å². The molecule has 1 rings (SSSR count). The standard InChI is InChI=1S/C12H24O3/c13-9-12(14)10-15-8-4-7-11-5-2-1-3-6-11/h11-14H,1-10H2/t12-/m0/s1. The van der Waals surface area contributed by atoms with E-state index in [1.165, 1.54) is 38.5 Å². The van der Waals surface area contributed by atoms with Crippen LogP contribution in [0.1, 0.15) is 44.9 Å². The highest BCUT2D eigenvalue weighted by atomic mass is 16.5. The molecule has 90 valence electrons. The van der Waals surface area contributed by atoms with Crippen molar-refractivity contribution in [3.8, 4) is 0 Å². The van der Waals surface area contributed by atoms with Crippen LogP contribution in [0.3, 0.4) is 0 Å². The van der Waals surface area contributed by atoms with Gasteiger partial charge in [0.15, 0.2) is 0 Å². The van der Waals surface area contributed by atoms with Crippen LogP contribution in [0, 0.1) is 5.92 Å². The Morgan fingerprint density at radius 2 is 1.93 bits per heavy atom. The molecule has 0 unspecified atom stereocenters. The molecular formula is C12H24O3. The maximum Gasteiger partial charge on any atom is 0.100 e. The Kier molecular flexibility index (Phi) is 6.98. The van der Waals surface area contributed by atoms with Crippen LogP contribution in [0.4, 0.5) is 0 Å². The van der Waals surface area contributed by atoms with Crippen molar-refractivity contribution in [3.05, 3.63) is 0 Å². The van der Waals surface area contributed by atoms with Crippen LogP contribution < -0.4 is 0 Å². The minimum Gasteiger partial charge on any atom is -0.394 e. The molecule has 0 saturated heterocycles.